The molecule has 2 fully saturated rings. The maximum absolute atomic E-state index is 12.8. The molecule has 1 aliphatic carbocycles. The van der Waals surface area contributed by atoms with Gasteiger partial charge in [0.2, 0.25) is 5.91 Å². The molecule has 1 heterocycles. The van der Waals surface area contributed by atoms with Gasteiger partial charge in [0.15, 0.2) is 0 Å². The Morgan fingerprint density at radius 1 is 1.25 bits per heavy atom. The highest BCUT2D eigenvalue weighted by molar-refractivity contribution is 5.76. The van der Waals surface area contributed by atoms with E-state index < -0.39 is 0 Å². The molecule has 3 rings (SSSR count). The molecule has 3 nitrogen and oxygen atoms in total. The van der Waals surface area contributed by atoms with Gasteiger partial charge in [-0.2, -0.15) is 0 Å². The van der Waals surface area contributed by atoms with Crippen LogP contribution in [0.3, 0.4) is 0 Å². The smallest absolute Gasteiger partial charge is 0.222 e. The first-order chi connectivity index (χ1) is 9.63. The van der Waals surface area contributed by atoms with Crippen LogP contribution in [-0.2, 0) is 11.2 Å². The third-order valence-electron chi connectivity index (χ3n) is 4.81. The molecule has 3 unspecified atom stereocenters. The van der Waals surface area contributed by atoms with E-state index in [1.54, 1.807) is 12.1 Å². The standard InChI is InChI=1S/C16H21FN2O/c17-13-5-1-11(2-6-13)3-8-16(20)19-9-12-4-7-15(18)14(12)10-19/h1-2,5-6,12,14-15H,3-4,7-10,18H2. The average Bonchev–Trinajstić information content (AvgIpc) is 3.01. The number of amides is 1. The third-order valence-corrected chi connectivity index (χ3v) is 4.81. The van der Waals surface area contributed by atoms with Crippen molar-refractivity contribution >= 4 is 5.91 Å². The summed E-state index contributed by atoms with van der Waals surface area (Å²) in [6.45, 7) is 1.70. The largest absolute Gasteiger partial charge is 0.342 e. The van der Waals surface area contributed by atoms with Crippen LogP contribution in [0.15, 0.2) is 24.3 Å². The molecule has 20 heavy (non-hydrogen) atoms. The third kappa shape index (κ3) is 2.70. The molecular weight excluding hydrogens is 255 g/mol. The quantitative estimate of drug-likeness (QED) is 0.917. The summed E-state index contributed by atoms with van der Waals surface area (Å²) in [6.07, 6.45) is 3.44. The van der Waals surface area contributed by atoms with Crippen molar-refractivity contribution in [3.05, 3.63) is 35.6 Å². The number of fused-ring (bicyclic) bond motifs is 1. The van der Waals surface area contributed by atoms with E-state index in [9.17, 15) is 9.18 Å². The van der Waals surface area contributed by atoms with Crippen LogP contribution < -0.4 is 5.73 Å². The number of carbonyl (C=O) groups excluding carboxylic acids is 1. The monoisotopic (exact) mass is 276 g/mol. The van der Waals surface area contributed by atoms with E-state index in [1.807, 2.05) is 4.90 Å². The Bertz CT molecular complexity index is 488. The van der Waals surface area contributed by atoms with Gasteiger partial charge >= 0.3 is 0 Å². The Morgan fingerprint density at radius 3 is 2.70 bits per heavy atom. The summed E-state index contributed by atoms with van der Waals surface area (Å²) < 4.78 is 12.8. The minimum atomic E-state index is -0.235. The lowest BCUT2D eigenvalue weighted by Gasteiger charge is -2.18. The van der Waals surface area contributed by atoms with Crippen LogP contribution >= 0.6 is 0 Å². The van der Waals surface area contributed by atoms with Gasteiger partial charge in [-0.3, -0.25) is 4.79 Å². The number of rotatable bonds is 3. The van der Waals surface area contributed by atoms with Crippen molar-refractivity contribution in [2.45, 2.75) is 31.7 Å². The molecule has 4 heteroatoms. The Balaban J connectivity index is 1.52. The van der Waals surface area contributed by atoms with Gasteiger partial charge in [-0.1, -0.05) is 12.1 Å². The minimum absolute atomic E-state index is 0.205. The summed E-state index contributed by atoms with van der Waals surface area (Å²) in [5, 5.41) is 0. The summed E-state index contributed by atoms with van der Waals surface area (Å²) >= 11 is 0. The number of aryl methyl sites for hydroxylation is 1. The second kappa shape index (κ2) is 5.52. The molecule has 1 amide bonds. The van der Waals surface area contributed by atoms with Crippen molar-refractivity contribution in [3.63, 3.8) is 0 Å². The molecule has 3 atom stereocenters. The Labute approximate surface area is 118 Å². The predicted octanol–water partition coefficient (Wildman–Crippen LogP) is 1.95. The summed E-state index contributed by atoms with van der Waals surface area (Å²) in [4.78, 5) is 14.2. The van der Waals surface area contributed by atoms with Crippen LogP contribution in [0.1, 0.15) is 24.8 Å². The zero-order valence-electron chi connectivity index (χ0n) is 11.6. The molecule has 1 aliphatic heterocycles. The van der Waals surface area contributed by atoms with Gasteiger partial charge in [0.25, 0.3) is 0 Å². The highest BCUT2D eigenvalue weighted by Gasteiger charge is 2.42. The summed E-state index contributed by atoms with van der Waals surface area (Å²) in [5.41, 5.74) is 7.10. The number of carbonyl (C=O) groups is 1. The molecule has 0 spiro atoms. The number of benzene rings is 1. The van der Waals surface area contributed by atoms with Gasteiger partial charge in [-0.05, 0) is 48.8 Å². The minimum Gasteiger partial charge on any atom is -0.342 e. The van der Waals surface area contributed by atoms with Gasteiger partial charge in [0, 0.05) is 25.6 Å². The van der Waals surface area contributed by atoms with E-state index in [1.165, 1.54) is 12.1 Å². The van der Waals surface area contributed by atoms with Crippen molar-refractivity contribution in [2.24, 2.45) is 17.6 Å². The van der Waals surface area contributed by atoms with Crippen molar-refractivity contribution in [1.82, 2.24) is 4.90 Å². The maximum Gasteiger partial charge on any atom is 0.222 e. The lowest BCUT2D eigenvalue weighted by atomic mass is 9.98. The van der Waals surface area contributed by atoms with E-state index in [0.29, 0.717) is 24.7 Å². The molecule has 1 saturated heterocycles. The molecule has 0 radical (unpaired) electrons. The molecular formula is C16H21FN2O. The van der Waals surface area contributed by atoms with Crippen LogP contribution in [-0.4, -0.2) is 29.9 Å². The number of nitrogens with zero attached hydrogens (tertiary/aromatic N) is 1. The zero-order valence-corrected chi connectivity index (χ0v) is 11.6. The Kier molecular flexibility index (Phi) is 3.74. The highest BCUT2D eigenvalue weighted by atomic mass is 19.1. The first-order valence-corrected chi connectivity index (χ1v) is 7.41. The van der Waals surface area contributed by atoms with Crippen molar-refractivity contribution in [1.29, 1.82) is 0 Å². The zero-order chi connectivity index (χ0) is 14.1. The van der Waals surface area contributed by atoms with E-state index >= 15 is 0 Å². The molecule has 2 N–H and O–H groups in total. The van der Waals surface area contributed by atoms with Gasteiger partial charge in [-0.15, -0.1) is 0 Å². The van der Waals surface area contributed by atoms with Crippen LogP contribution in [0.5, 0.6) is 0 Å². The van der Waals surface area contributed by atoms with Crippen LogP contribution in [0.2, 0.25) is 0 Å². The molecule has 0 aromatic heterocycles. The molecule has 1 aromatic carbocycles. The number of likely N-dealkylation sites (tertiary alicyclic amines) is 1. The van der Waals surface area contributed by atoms with Crippen molar-refractivity contribution in [2.75, 3.05) is 13.1 Å². The lowest BCUT2D eigenvalue weighted by molar-refractivity contribution is -0.130. The van der Waals surface area contributed by atoms with E-state index in [0.717, 1.165) is 31.5 Å². The Morgan fingerprint density at radius 2 is 2.00 bits per heavy atom. The fourth-order valence-electron chi connectivity index (χ4n) is 3.57. The highest BCUT2D eigenvalue weighted by Crippen LogP contribution is 2.37. The molecule has 1 aromatic rings. The van der Waals surface area contributed by atoms with Crippen LogP contribution in [0.25, 0.3) is 0 Å². The lowest BCUT2D eigenvalue weighted by Crippen LogP contribution is -2.33. The fourth-order valence-corrected chi connectivity index (χ4v) is 3.57. The predicted molar refractivity (Wildman–Crippen MR) is 75.5 cm³/mol. The van der Waals surface area contributed by atoms with Crippen LogP contribution in [0, 0.1) is 17.7 Å². The molecule has 1 saturated carbocycles. The average molecular weight is 276 g/mol. The SMILES string of the molecule is NC1CCC2CN(C(=O)CCc3ccc(F)cc3)CC12. The molecule has 108 valence electrons. The summed E-state index contributed by atoms with van der Waals surface area (Å²) in [7, 11) is 0. The number of hydrogen-bond acceptors (Lipinski definition) is 2. The van der Waals surface area contributed by atoms with E-state index in [2.05, 4.69) is 0 Å². The Hall–Kier alpha value is -1.42. The second-order valence-electron chi connectivity index (χ2n) is 6.09. The van der Waals surface area contributed by atoms with Gasteiger partial charge in [0.05, 0.1) is 0 Å². The topological polar surface area (TPSA) is 46.3 Å². The number of halogens is 1. The normalized spacial score (nSPS) is 28.7. The first kappa shape index (κ1) is 13.6. The fraction of sp³-hybridized carbons (Fsp3) is 0.562. The van der Waals surface area contributed by atoms with Gasteiger partial charge < -0.3 is 10.6 Å². The second-order valence-corrected chi connectivity index (χ2v) is 6.09. The number of hydrogen-bond donors (Lipinski definition) is 1. The summed E-state index contributed by atoms with van der Waals surface area (Å²) in [6, 6.07) is 6.65. The molecule has 0 bridgehead atoms. The number of nitrogens with two attached hydrogens (primary N) is 1. The van der Waals surface area contributed by atoms with E-state index in [4.69, 9.17) is 5.73 Å². The summed E-state index contributed by atoms with van der Waals surface area (Å²) in [5.74, 6) is 1.09. The van der Waals surface area contributed by atoms with Crippen molar-refractivity contribution in [3.8, 4) is 0 Å². The van der Waals surface area contributed by atoms with Gasteiger partial charge in [0.1, 0.15) is 5.82 Å². The van der Waals surface area contributed by atoms with Crippen LogP contribution in [0.4, 0.5) is 4.39 Å². The molecule has 2 aliphatic rings. The van der Waals surface area contributed by atoms with Gasteiger partial charge in [-0.25, -0.2) is 4.39 Å². The maximum atomic E-state index is 12.8. The first-order valence-electron chi connectivity index (χ1n) is 7.41. The van der Waals surface area contributed by atoms with Crippen molar-refractivity contribution < 1.29 is 9.18 Å². The van der Waals surface area contributed by atoms with E-state index in [-0.39, 0.29) is 17.8 Å².